The summed E-state index contributed by atoms with van der Waals surface area (Å²) in [6.07, 6.45) is -0.666. The van der Waals surface area contributed by atoms with Gasteiger partial charge in [-0.2, -0.15) is 0 Å². The number of anilines is 1. The van der Waals surface area contributed by atoms with Crippen molar-refractivity contribution in [3.8, 4) is 5.75 Å². The summed E-state index contributed by atoms with van der Waals surface area (Å²) in [4.78, 5) is 26.0. The van der Waals surface area contributed by atoms with Gasteiger partial charge in [-0.05, 0) is 50.1 Å². The molecule has 1 atom stereocenters. The second-order valence-corrected chi connectivity index (χ2v) is 6.06. The van der Waals surface area contributed by atoms with E-state index in [1.54, 1.807) is 26.1 Å². The van der Waals surface area contributed by atoms with Gasteiger partial charge >= 0.3 is 0 Å². The van der Waals surface area contributed by atoms with E-state index in [0.29, 0.717) is 5.75 Å². The molecule has 0 fully saturated rings. The van der Waals surface area contributed by atoms with Crippen LogP contribution in [0.3, 0.4) is 0 Å². The zero-order valence-electron chi connectivity index (χ0n) is 15.1. The lowest BCUT2D eigenvalue weighted by Crippen LogP contribution is -2.42. The number of hydrogen-bond donors (Lipinski definition) is 1. The molecule has 132 valence electrons. The Morgan fingerprint density at radius 2 is 1.76 bits per heavy atom. The first-order valence-corrected chi connectivity index (χ1v) is 8.21. The molecule has 0 aromatic heterocycles. The monoisotopic (exact) mass is 340 g/mol. The molecule has 2 aromatic rings. The molecule has 0 spiro atoms. The lowest BCUT2D eigenvalue weighted by Gasteiger charge is -2.22. The first-order valence-electron chi connectivity index (χ1n) is 8.21. The summed E-state index contributed by atoms with van der Waals surface area (Å²) >= 11 is 0. The van der Waals surface area contributed by atoms with Gasteiger partial charge in [0.05, 0.1) is 6.54 Å². The summed E-state index contributed by atoms with van der Waals surface area (Å²) in [5.74, 6) is 0.132. The average molecular weight is 340 g/mol. The Kier molecular flexibility index (Phi) is 6.17. The maximum Gasteiger partial charge on any atom is 0.263 e. The van der Waals surface area contributed by atoms with Gasteiger partial charge in [0.25, 0.3) is 5.91 Å². The number of ether oxygens (including phenoxy) is 1. The highest BCUT2D eigenvalue weighted by Gasteiger charge is 2.21. The van der Waals surface area contributed by atoms with Crippen molar-refractivity contribution in [3.63, 3.8) is 0 Å². The fourth-order valence-electron chi connectivity index (χ4n) is 2.43. The molecule has 0 aliphatic rings. The topological polar surface area (TPSA) is 58.6 Å². The number of rotatable bonds is 6. The molecule has 0 saturated heterocycles. The summed E-state index contributed by atoms with van der Waals surface area (Å²) in [6.45, 7) is 5.59. The van der Waals surface area contributed by atoms with Gasteiger partial charge in [0, 0.05) is 12.7 Å². The van der Waals surface area contributed by atoms with Crippen LogP contribution < -0.4 is 10.1 Å². The van der Waals surface area contributed by atoms with E-state index in [1.165, 1.54) is 4.90 Å². The highest BCUT2D eigenvalue weighted by atomic mass is 16.5. The number of benzene rings is 2. The average Bonchev–Trinajstić information content (AvgIpc) is 2.59. The van der Waals surface area contributed by atoms with Gasteiger partial charge in [0.1, 0.15) is 5.75 Å². The number of nitrogens with zero attached hydrogens (tertiary/aromatic N) is 1. The molecule has 0 radical (unpaired) electrons. The SMILES string of the molecule is Cc1cccc(NC(=O)CN(C)C(=O)C(C)Oc2ccccc2)c1C. The lowest BCUT2D eigenvalue weighted by atomic mass is 10.1. The molecule has 0 bridgehead atoms. The van der Waals surface area contributed by atoms with Crippen LogP contribution in [0.4, 0.5) is 5.69 Å². The van der Waals surface area contributed by atoms with Crippen LogP contribution in [0.15, 0.2) is 48.5 Å². The summed E-state index contributed by atoms with van der Waals surface area (Å²) < 4.78 is 5.61. The van der Waals surface area contributed by atoms with Crippen LogP contribution >= 0.6 is 0 Å². The maximum absolute atomic E-state index is 12.4. The van der Waals surface area contributed by atoms with Crippen molar-refractivity contribution in [2.75, 3.05) is 18.9 Å². The van der Waals surface area contributed by atoms with E-state index >= 15 is 0 Å². The van der Waals surface area contributed by atoms with E-state index in [1.807, 2.05) is 50.2 Å². The molecule has 5 nitrogen and oxygen atoms in total. The molecule has 2 amide bonds. The van der Waals surface area contributed by atoms with Gasteiger partial charge in [0.2, 0.25) is 5.91 Å². The van der Waals surface area contributed by atoms with E-state index in [0.717, 1.165) is 16.8 Å². The number of likely N-dealkylation sites (N-methyl/N-ethyl adjacent to an activating group) is 1. The number of amides is 2. The van der Waals surface area contributed by atoms with Crippen molar-refractivity contribution >= 4 is 17.5 Å². The third-order valence-corrected chi connectivity index (χ3v) is 4.04. The molecule has 2 aromatic carbocycles. The largest absolute Gasteiger partial charge is 0.481 e. The van der Waals surface area contributed by atoms with Gasteiger partial charge in [-0.1, -0.05) is 30.3 Å². The molecule has 0 heterocycles. The van der Waals surface area contributed by atoms with Crippen molar-refractivity contribution in [1.82, 2.24) is 4.90 Å². The third kappa shape index (κ3) is 5.08. The second kappa shape index (κ2) is 8.33. The lowest BCUT2D eigenvalue weighted by molar-refractivity contribution is -0.139. The van der Waals surface area contributed by atoms with Gasteiger partial charge in [0.15, 0.2) is 6.10 Å². The number of carbonyl (C=O) groups excluding carboxylic acids is 2. The number of nitrogens with one attached hydrogen (secondary N) is 1. The van der Waals surface area contributed by atoms with Crippen molar-refractivity contribution in [3.05, 3.63) is 59.7 Å². The summed E-state index contributed by atoms with van der Waals surface area (Å²) in [5.41, 5.74) is 2.89. The van der Waals surface area contributed by atoms with Gasteiger partial charge < -0.3 is 15.0 Å². The first kappa shape index (κ1) is 18.5. The minimum absolute atomic E-state index is 0.0330. The van der Waals surface area contributed by atoms with Crippen molar-refractivity contribution in [2.45, 2.75) is 26.9 Å². The van der Waals surface area contributed by atoms with Crippen LogP contribution in [0.5, 0.6) is 5.75 Å². The second-order valence-electron chi connectivity index (χ2n) is 6.06. The number of hydrogen-bond acceptors (Lipinski definition) is 3. The van der Waals surface area contributed by atoms with Gasteiger partial charge in [-0.25, -0.2) is 0 Å². The summed E-state index contributed by atoms with van der Waals surface area (Å²) in [6, 6.07) is 14.9. The van der Waals surface area contributed by atoms with E-state index in [2.05, 4.69) is 5.32 Å². The first-order chi connectivity index (χ1) is 11.9. The molecule has 1 unspecified atom stereocenters. The van der Waals surface area contributed by atoms with Crippen LogP contribution in [0.2, 0.25) is 0 Å². The van der Waals surface area contributed by atoms with Crippen molar-refractivity contribution in [2.24, 2.45) is 0 Å². The number of carbonyl (C=O) groups is 2. The molecule has 1 N–H and O–H groups in total. The van der Waals surface area contributed by atoms with Crippen LogP contribution in [0, 0.1) is 13.8 Å². The van der Waals surface area contributed by atoms with E-state index in [-0.39, 0.29) is 18.4 Å². The zero-order valence-corrected chi connectivity index (χ0v) is 15.1. The predicted molar refractivity (Wildman–Crippen MR) is 98.7 cm³/mol. The molecular weight excluding hydrogens is 316 g/mol. The van der Waals surface area contributed by atoms with Crippen LogP contribution in [-0.4, -0.2) is 36.4 Å². The molecule has 0 aliphatic heterocycles. The smallest absolute Gasteiger partial charge is 0.263 e. The fourth-order valence-corrected chi connectivity index (χ4v) is 2.43. The predicted octanol–water partition coefficient (Wildman–Crippen LogP) is 3.17. The highest BCUT2D eigenvalue weighted by Crippen LogP contribution is 2.18. The standard InChI is InChI=1S/C20H24N2O3/c1-14-9-8-12-18(15(14)2)21-19(23)13-22(4)20(24)16(3)25-17-10-6-5-7-11-17/h5-12,16H,13H2,1-4H3,(H,21,23). The zero-order chi connectivity index (χ0) is 18.4. The Morgan fingerprint density at radius 3 is 2.44 bits per heavy atom. The molecule has 0 saturated carbocycles. The Hall–Kier alpha value is -2.82. The summed E-state index contributed by atoms with van der Waals surface area (Å²) in [5, 5.41) is 2.85. The molecule has 2 rings (SSSR count). The molecule has 5 heteroatoms. The Balaban J connectivity index is 1.91. The van der Waals surface area contributed by atoms with Gasteiger partial charge in [-0.3, -0.25) is 9.59 Å². The van der Waals surface area contributed by atoms with Crippen LogP contribution in [-0.2, 0) is 9.59 Å². The van der Waals surface area contributed by atoms with E-state index in [4.69, 9.17) is 4.74 Å². The Morgan fingerprint density at radius 1 is 1.08 bits per heavy atom. The molecule has 25 heavy (non-hydrogen) atoms. The Bertz CT molecular complexity index is 744. The minimum Gasteiger partial charge on any atom is -0.481 e. The van der Waals surface area contributed by atoms with Crippen LogP contribution in [0.25, 0.3) is 0 Å². The maximum atomic E-state index is 12.4. The van der Waals surface area contributed by atoms with Gasteiger partial charge in [-0.15, -0.1) is 0 Å². The fraction of sp³-hybridized carbons (Fsp3) is 0.300. The molecule has 0 aliphatic carbocycles. The van der Waals surface area contributed by atoms with Crippen molar-refractivity contribution < 1.29 is 14.3 Å². The summed E-state index contributed by atoms with van der Waals surface area (Å²) in [7, 11) is 1.59. The van der Waals surface area contributed by atoms with E-state index < -0.39 is 6.10 Å². The quantitative estimate of drug-likeness (QED) is 0.879. The third-order valence-electron chi connectivity index (χ3n) is 4.04. The van der Waals surface area contributed by atoms with Crippen LogP contribution in [0.1, 0.15) is 18.1 Å². The highest BCUT2D eigenvalue weighted by molar-refractivity contribution is 5.95. The minimum atomic E-state index is -0.666. The normalized spacial score (nSPS) is 11.5. The van der Waals surface area contributed by atoms with E-state index in [9.17, 15) is 9.59 Å². The Labute approximate surface area is 148 Å². The molecular formula is C20H24N2O3. The number of aryl methyl sites for hydroxylation is 1. The van der Waals surface area contributed by atoms with Crippen molar-refractivity contribution in [1.29, 1.82) is 0 Å². The number of para-hydroxylation sites is 1.